The number of hydrogen-bond acceptors (Lipinski definition) is 4. The van der Waals surface area contributed by atoms with Crippen LogP contribution in [0.1, 0.15) is 12.1 Å². The van der Waals surface area contributed by atoms with Crippen molar-refractivity contribution in [1.29, 1.82) is 0 Å². The fourth-order valence-corrected chi connectivity index (χ4v) is 3.12. The lowest BCUT2D eigenvalue weighted by atomic mass is 10.3. The van der Waals surface area contributed by atoms with Crippen molar-refractivity contribution >= 4 is 15.8 Å². The van der Waals surface area contributed by atoms with Crippen LogP contribution in [0.15, 0.2) is 18.2 Å². The molecule has 6 heteroatoms. The molecule has 1 fully saturated rings. The van der Waals surface area contributed by atoms with Crippen molar-refractivity contribution in [3.63, 3.8) is 0 Å². The van der Waals surface area contributed by atoms with Gasteiger partial charge in [0.2, 0.25) is 10.0 Å². The molecule has 2 N–H and O–H groups in total. The molecular weight excluding hydrogens is 214 g/mol. The summed E-state index contributed by atoms with van der Waals surface area (Å²) in [6.45, 7) is 0.838. The second-order valence-corrected chi connectivity index (χ2v) is 5.45. The van der Waals surface area contributed by atoms with Gasteiger partial charge >= 0.3 is 0 Å². The molecule has 0 bridgehead atoms. The number of nitrogens with zero attached hydrogens (tertiary/aromatic N) is 2. The van der Waals surface area contributed by atoms with Crippen molar-refractivity contribution in [2.45, 2.75) is 13.0 Å². The third-order valence-corrected chi connectivity index (χ3v) is 4.20. The second kappa shape index (κ2) is 3.79. The zero-order valence-corrected chi connectivity index (χ0v) is 9.07. The van der Waals surface area contributed by atoms with E-state index in [0.717, 1.165) is 0 Å². The highest BCUT2D eigenvalue weighted by atomic mass is 32.2. The third-order valence-electron chi connectivity index (χ3n) is 2.36. The summed E-state index contributed by atoms with van der Waals surface area (Å²) in [6, 6.07) is 5.26. The Hall–Kier alpha value is -1.14. The smallest absolute Gasteiger partial charge is 0.236 e. The molecule has 0 radical (unpaired) electrons. The number of pyridine rings is 1. The summed E-state index contributed by atoms with van der Waals surface area (Å²) < 4.78 is 24.6. The normalized spacial score (nSPS) is 19.4. The van der Waals surface area contributed by atoms with E-state index >= 15 is 0 Å². The first-order chi connectivity index (χ1) is 7.13. The predicted octanol–water partition coefficient (Wildman–Crippen LogP) is 0.0802. The van der Waals surface area contributed by atoms with Gasteiger partial charge in [-0.2, -0.15) is 0 Å². The lowest BCUT2D eigenvalue weighted by Crippen LogP contribution is -2.26. The second-order valence-electron chi connectivity index (χ2n) is 3.43. The van der Waals surface area contributed by atoms with Crippen molar-refractivity contribution in [2.24, 2.45) is 5.73 Å². The molecule has 1 aromatic rings. The molecule has 1 aromatic heterocycles. The number of nitrogens with two attached hydrogens (primary N) is 1. The number of rotatable bonds is 2. The number of hydrogen-bond donors (Lipinski definition) is 1. The van der Waals surface area contributed by atoms with E-state index in [1.807, 2.05) is 0 Å². The Morgan fingerprint density at radius 1 is 1.47 bits per heavy atom. The van der Waals surface area contributed by atoms with Gasteiger partial charge in [-0.25, -0.2) is 13.4 Å². The van der Waals surface area contributed by atoms with Crippen molar-refractivity contribution in [1.82, 2.24) is 4.98 Å². The molecule has 1 aliphatic heterocycles. The maximum absolute atomic E-state index is 11.6. The minimum atomic E-state index is -3.14. The van der Waals surface area contributed by atoms with Gasteiger partial charge in [0.1, 0.15) is 5.82 Å². The van der Waals surface area contributed by atoms with Gasteiger partial charge in [-0.3, -0.25) is 4.31 Å². The maximum Gasteiger partial charge on any atom is 0.236 e. The summed E-state index contributed by atoms with van der Waals surface area (Å²) in [6.07, 6.45) is 0.664. The van der Waals surface area contributed by atoms with Crippen LogP contribution >= 0.6 is 0 Å². The quantitative estimate of drug-likeness (QED) is 0.776. The van der Waals surface area contributed by atoms with Crippen molar-refractivity contribution in [2.75, 3.05) is 16.6 Å². The summed E-state index contributed by atoms with van der Waals surface area (Å²) >= 11 is 0. The average Bonchev–Trinajstić information content (AvgIpc) is 2.58. The standard InChI is InChI=1S/C9H13N3O2S/c10-7-8-3-1-4-9(11-8)12-5-2-6-15(12,13)14/h1,3-4H,2,5-7,10H2. The summed E-state index contributed by atoms with van der Waals surface area (Å²) in [5.41, 5.74) is 6.16. The molecular formula is C9H13N3O2S. The Morgan fingerprint density at radius 2 is 2.27 bits per heavy atom. The van der Waals surface area contributed by atoms with E-state index in [2.05, 4.69) is 4.98 Å². The van der Waals surface area contributed by atoms with Crippen LogP contribution in [0.25, 0.3) is 0 Å². The SMILES string of the molecule is NCc1cccc(N2CCCS2(=O)=O)n1. The van der Waals surface area contributed by atoms with E-state index in [4.69, 9.17) is 5.73 Å². The Bertz CT molecular complexity index is 458. The van der Waals surface area contributed by atoms with E-state index in [0.29, 0.717) is 31.0 Å². The molecule has 2 rings (SSSR count). The van der Waals surface area contributed by atoms with Gasteiger partial charge < -0.3 is 5.73 Å². The van der Waals surface area contributed by atoms with Gasteiger partial charge in [-0.05, 0) is 18.6 Å². The molecule has 0 aromatic carbocycles. The number of sulfonamides is 1. The molecule has 2 heterocycles. The highest BCUT2D eigenvalue weighted by Gasteiger charge is 2.29. The zero-order chi connectivity index (χ0) is 10.9. The Kier molecular flexibility index (Phi) is 2.62. The van der Waals surface area contributed by atoms with Crippen LogP contribution < -0.4 is 10.0 Å². The minimum absolute atomic E-state index is 0.210. The van der Waals surface area contributed by atoms with Crippen LogP contribution in [0.3, 0.4) is 0 Å². The zero-order valence-electron chi connectivity index (χ0n) is 8.26. The summed E-state index contributed by atoms with van der Waals surface area (Å²) in [4.78, 5) is 4.19. The fraction of sp³-hybridized carbons (Fsp3) is 0.444. The molecule has 0 amide bonds. The van der Waals surface area contributed by atoms with Gasteiger partial charge in [0.05, 0.1) is 11.4 Å². The molecule has 0 unspecified atom stereocenters. The van der Waals surface area contributed by atoms with Gasteiger partial charge in [0.25, 0.3) is 0 Å². The van der Waals surface area contributed by atoms with Crippen LogP contribution in [0.2, 0.25) is 0 Å². The summed E-state index contributed by atoms with van der Waals surface area (Å²) in [5.74, 6) is 0.692. The Labute approximate surface area is 89.0 Å². The largest absolute Gasteiger partial charge is 0.325 e. The molecule has 82 valence electrons. The van der Waals surface area contributed by atoms with Crippen molar-refractivity contribution < 1.29 is 8.42 Å². The first kappa shape index (κ1) is 10.4. The number of aromatic nitrogens is 1. The van der Waals surface area contributed by atoms with E-state index in [9.17, 15) is 8.42 Å². The molecule has 1 saturated heterocycles. The van der Waals surface area contributed by atoms with E-state index in [1.54, 1.807) is 18.2 Å². The highest BCUT2D eigenvalue weighted by molar-refractivity contribution is 7.93. The molecule has 5 nitrogen and oxygen atoms in total. The Morgan fingerprint density at radius 3 is 2.87 bits per heavy atom. The van der Waals surface area contributed by atoms with Crippen LogP contribution in [0.4, 0.5) is 5.82 Å². The van der Waals surface area contributed by atoms with Crippen LogP contribution in [-0.2, 0) is 16.6 Å². The van der Waals surface area contributed by atoms with Gasteiger partial charge in [-0.1, -0.05) is 6.07 Å². The predicted molar refractivity (Wildman–Crippen MR) is 57.9 cm³/mol. The molecule has 0 saturated carbocycles. The molecule has 0 atom stereocenters. The first-order valence-electron chi connectivity index (χ1n) is 4.80. The lowest BCUT2D eigenvalue weighted by molar-refractivity contribution is 0.599. The molecule has 15 heavy (non-hydrogen) atoms. The van der Waals surface area contributed by atoms with Crippen LogP contribution in [-0.4, -0.2) is 25.7 Å². The third kappa shape index (κ3) is 1.95. The fourth-order valence-electron chi connectivity index (χ4n) is 1.62. The van der Waals surface area contributed by atoms with Crippen LogP contribution in [0, 0.1) is 0 Å². The average molecular weight is 227 g/mol. The van der Waals surface area contributed by atoms with Crippen LogP contribution in [0.5, 0.6) is 0 Å². The highest BCUT2D eigenvalue weighted by Crippen LogP contribution is 2.21. The van der Waals surface area contributed by atoms with E-state index in [-0.39, 0.29) is 5.75 Å². The maximum atomic E-state index is 11.6. The monoisotopic (exact) mass is 227 g/mol. The Balaban J connectivity index is 2.37. The summed E-state index contributed by atoms with van der Waals surface area (Å²) in [7, 11) is -3.14. The molecule has 0 spiro atoms. The summed E-state index contributed by atoms with van der Waals surface area (Å²) in [5, 5.41) is 0. The minimum Gasteiger partial charge on any atom is -0.325 e. The van der Waals surface area contributed by atoms with Crippen molar-refractivity contribution in [3.05, 3.63) is 23.9 Å². The van der Waals surface area contributed by atoms with Gasteiger partial charge in [0, 0.05) is 13.1 Å². The molecule has 0 aliphatic carbocycles. The van der Waals surface area contributed by atoms with E-state index < -0.39 is 10.0 Å². The van der Waals surface area contributed by atoms with Gasteiger partial charge in [-0.15, -0.1) is 0 Å². The topological polar surface area (TPSA) is 76.3 Å². The van der Waals surface area contributed by atoms with Crippen molar-refractivity contribution in [3.8, 4) is 0 Å². The van der Waals surface area contributed by atoms with E-state index in [1.165, 1.54) is 4.31 Å². The lowest BCUT2D eigenvalue weighted by Gasteiger charge is -2.15. The number of anilines is 1. The molecule has 1 aliphatic rings. The van der Waals surface area contributed by atoms with Gasteiger partial charge in [0.15, 0.2) is 0 Å². The first-order valence-corrected chi connectivity index (χ1v) is 6.41.